The lowest BCUT2D eigenvalue weighted by Gasteiger charge is -2.20. The zero-order valence-electron chi connectivity index (χ0n) is 8.28. The maximum absolute atomic E-state index is 12.3. The van der Waals surface area contributed by atoms with Crippen molar-refractivity contribution in [2.24, 2.45) is 0 Å². The second-order valence-electron chi connectivity index (χ2n) is 3.32. The van der Waals surface area contributed by atoms with Gasteiger partial charge in [-0.1, -0.05) is 12.2 Å². The summed E-state index contributed by atoms with van der Waals surface area (Å²) in [6, 6.07) is 2.40. The number of hydrogen-bond donors (Lipinski definition) is 0. The van der Waals surface area contributed by atoms with Crippen molar-refractivity contribution in [1.29, 1.82) is 0 Å². The van der Waals surface area contributed by atoms with Crippen LogP contribution in [0.1, 0.15) is 5.69 Å². The number of aromatic nitrogens is 1. The molecule has 0 amide bonds. The maximum Gasteiger partial charge on any atom is 0.433 e. The molecule has 1 aromatic rings. The highest BCUT2D eigenvalue weighted by Gasteiger charge is 2.32. The molecule has 0 saturated carbocycles. The van der Waals surface area contributed by atoms with Crippen LogP contribution in [0.2, 0.25) is 0 Å². The fourth-order valence-corrected chi connectivity index (χ4v) is 1.38. The van der Waals surface area contributed by atoms with Crippen molar-refractivity contribution in [2.75, 3.05) is 11.4 Å². The van der Waals surface area contributed by atoms with Crippen LogP contribution in [-0.4, -0.2) is 11.5 Å². The molecule has 0 saturated heterocycles. The summed E-state index contributed by atoms with van der Waals surface area (Å²) in [6.45, 7) is 0.642. The van der Waals surface area contributed by atoms with Crippen LogP contribution in [0.3, 0.4) is 0 Å². The van der Waals surface area contributed by atoms with Crippen LogP contribution in [0.25, 0.3) is 0 Å². The Bertz CT molecular complexity index is 418. The van der Waals surface area contributed by atoms with Gasteiger partial charge >= 0.3 is 6.18 Å². The lowest BCUT2D eigenvalue weighted by atomic mass is 10.3. The van der Waals surface area contributed by atoms with Gasteiger partial charge in [-0.05, 0) is 18.2 Å². The van der Waals surface area contributed by atoms with Gasteiger partial charge in [0.05, 0.1) is 11.9 Å². The molecule has 0 atom stereocenters. The minimum atomic E-state index is -4.38. The van der Waals surface area contributed by atoms with Crippen molar-refractivity contribution in [3.63, 3.8) is 0 Å². The van der Waals surface area contributed by atoms with Gasteiger partial charge in [0, 0.05) is 12.7 Å². The van der Waals surface area contributed by atoms with Gasteiger partial charge in [0.1, 0.15) is 5.69 Å². The van der Waals surface area contributed by atoms with Gasteiger partial charge in [0.2, 0.25) is 0 Å². The van der Waals surface area contributed by atoms with Crippen LogP contribution in [0.5, 0.6) is 0 Å². The number of pyridine rings is 1. The van der Waals surface area contributed by atoms with E-state index in [2.05, 4.69) is 4.98 Å². The normalized spacial score (nSPS) is 15.6. The molecule has 0 N–H and O–H groups in total. The topological polar surface area (TPSA) is 16.1 Å². The van der Waals surface area contributed by atoms with E-state index in [1.165, 1.54) is 12.3 Å². The van der Waals surface area contributed by atoms with E-state index in [9.17, 15) is 13.2 Å². The zero-order chi connectivity index (χ0) is 11.6. The van der Waals surface area contributed by atoms with Gasteiger partial charge in [-0.25, -0.2) is 4.98 Å². The first-order chi connectivity index (χ1) is 7.57. The second kappa shape index (κ2) is 4.00. The molecule has 0 unspecified atom stereocenters. The fourth-order valence-electron chi connectivity index (χ4n) is 1.38. The Morgan fingerprint density at radius 2 is 2.00 bits per heavy atom. The number of rotatable bonds is 1. The monoisotopic (exact) mass is 226 g/mol. The molecule has 0 fully saturated rings. The molecule has 1 aromatic heterocycles. The Kier molecular flexibility index (Phi) is 2.68. The molecule has 0 bridgehead atoms. The molecule has 1 aliphatic heterocycles. The number of halogens is 3. The molecule has 16 heavy (non-hydrogen) atoms. The highest BCUT2D eigenvalue weighted by molar-refractivity contribution is 5.50. The van der Waals surface area contributed by atoms with E-state index in [0.29, 0.717) is 12.2 Å². The molecule has 5 heteroatoms. The van der Waals surface area contributed by atoms with E-state index < -0.39 is 11.9 Å². The molecule has 84 valence electrons. The largest absolute Gasteiger partial charge is 0.433 e. The van der Waals surface area contributed by atoms with Crippen LogP contribution >= 0.6 is 0 Å². The number of hydrogen-bond acceptors (Lipinski definition) is 2. The van der Waals surface area contributed by atoms with Crippen LogP contribution < -0.4 is 4.90 Å². The number of anilines is 1. The molecule has 2 nitrogen and oxygen atoms in total. The van der Waals surface area contributed by atoms with E-state index in [1.54, 1.807) is 6.20 Å². The third kappa shape index (κ3) is 2.24. The molecular formula is C11H9F3N2. The van der Waals surface area contributed by atoms with Crippen LogP contribution in [0, 0.1) is 0 Å². The number of nitrogens with zero attached hydrogens (tertiary/aromatic N) is 2. The SMILES string of the molecule is FC(F)(F)c1ccc(N2C=CC=CC2)cn1. The number of alkyl halides is 3. The van der Waals surface area contributed by atoms with E-state index in [1.807, 2.05) is 23.1 Å². The Morgan fingerprint density at radius 1 is 1.19 bits per heavy atom. The fraction of sp³-hybridized carbons (Fsp3) is 0.182. The van der Waals surface area contributed by atoms with Gasteiger partial charge in [-0.2, -0.15) is 13.2 Å². The summed E-state index contributed by atoms with van der Waals surface area (Å²) in [6.07, 6.45) is 4.26. The van der Waals surface area contributed by atoms with Gasteiger partial charge < -0.3 is 4.90 Å². The first-order valence-electron chi connectivity index (χ1n) is 4.70. The van der Waals surface area contributed by atoms with Crippen LogP contribution in [0.15, 0.2) is 42.8 Å². The summed E-state index contributed by atoms with van der Waals surface area (Å²) in [5.74, 6) is 0. The minimum Gasteiger partial charge on any atom is -0.343 e. The van der Waals surface area contributed by atoms with Gasteiger partial charge in [-0.15, -0.1) is 0 Å². The average Bonchev–Trinajstić information content (AvgIpc) is 2.29. The van der Waals surface area contributed by atoms with Gasteiger partial charge in [-0.3, -0.25) is 0 Å². The summed E-state index contributed by atoms with van der Waals surface area (Å²) in [5, 5.41) is 0. The molecule has 0 spiro atoms. The van der Waals surface area contributed by atoms with E-state index in [-0.39, 0.29) is 0 Å². The Balaban J connectivity index is 2.19. The lowest BCUT2D eigenvalue weighted by molar-refractivity contribution is -0.141. The summed E-state index contributed by atoms with van der Waals surface area (Å²) in [7, 11) is 0. The molecule has 0 aromatic carbocycles. The van der Waals surface area contributed by atoms with Crippen LogP contribution in [0.4, 0.5) is 18.9 Å². The molecule has 2 rings (SSSR count). The van der Waals surface area contributed by atoms with E-state index >= 15 is 0 Å². The highest BCUT2D eigenvalue weighted by Crippen LogP contribution is 2.28. The quantitative estimate of drug-likeness (QED) is 0.731. The van der Waals surface area contributed by atoms with Crippen molar-refractivity contribution in [2.45, 2.75) is 6.18 Å². The van der Waals surface area contributed by atoms with Crippen molar-refractivity contribution in [3.05, 3.63) is 48.5 Å². The lowest BCUT2D eigenvalue weighted by Crippen LogP contribution is -2.18. The first-order valence-corrected chi connectivity index (χ1v) is 4.70. The third-order valence-electron chi connectivity index (χ3n) is 2.19. The van der Waals surface area contributed by atoms with Gasteiger partial charge in [0.15, 0.2) is 0 Å². The molecule has 2 heterocycles. The highest BCUT2D eigenvalue weighted by atomic mass is 19.4. The van der Waals surface area contributed by atoms with Crippen LogP contribution in [-0.2, 0) is 6.18 Å². The predicted molar refractivity (Wildman–Crippen MR) is 54.9 cm³/mol. The zero-order valence-corrected chi connectivity index (χ0v) is 8.28. The predicted octanol–water partition coefficient (Wildman–Crippen LogP) is 2.99. The second-order valence-corrected chi connectivity index (χ2v) is 3.32. The van der Waals surface area contributed by atoms with Crippen molar-refractivity contribution in [1.82, 2.24) is 4.98 Å². The van der Waals surface area contributed by atoms with E-state index in [4.69, 9.17) is 0 Å². The number of allylic oxidation sites excluding steroid dienone is 2. The van der Waals surface area contributed by atoms with Crippen molar-refractivity contribution < 1.29 is 13.2 Å². The summed E-state index contributed by atoms with van der Waals surface area (Å²) in [4.78, 5) is 5.21. The first kappa shape index (κ1) is 10.7. The van der Waals surface area contributed by atoms with E-state index in [0.717, 1.165) is 6.07 Å². The summed E-state index contributed by atoms with van der Waals surface area (Å²) in [5.41, 5.74) is -0.221. The smallest absolute Gasteiger partial charge is 0.343 e. The Hall–Kier alpha value is -1.78. The van der Waals surface area contributed by atoms with Crippen molar-refractivity contribution in [3.8, 4) is 0 Å². The van der Waals surface area contributed by atoms with Gasteiger partial charge in [0.25, 0.3) is 0 Å². The third-order valence-corrected chi connectivity index (χ3v) is 2.19. The molecule has 1 aliphatic rings. The standard InChI is InChI=1S/C11H9F3N2/c12-11(13,14)10-5-4-9(8-15-10)16-6-2-1-3-7-16/h1-6,8H,7H2. The molecule has 0 aliphatic carbocycles. The molecular weight excluding hydrogens is 217 g/mol. The summed E-state index contributed by atoms with van der Waals surface area (Å²) >= 11 is 0. The Labute approximate surface area is 90.7 Å². The maximum atomic E-state index is 12.3. The molecule has 0 radical (unpaired) electrons. The minimum absolute atomic E-state index is 0.642. The Morgan fingerprint density at radius 3 is 2.50 bits per heavy atom. The average molecular weight is 226 g/mol. The van der Waals surface area contributed by atoms with Crippen molar-refractivity contribution >= 4 is 5.69 Å². The summed E-state index contributed by atoms with van der Waals surface area (Å²) < 4.78 is 36.8.